The van der Waals surface area contributed by atoms with E-state index in [1.807, 2.05) is 6.07 Å². The number of amides is 1. The van der Waals surface area contributed by atoms with Crippen LogP contribution in [0.1, 0.15) is 42.7 Å². The number of hydrogen-bond acceptors (Lipinski definition) is 3. The molecule has 0 spiro atoms. The molecule has 3 nitrogen and oxygen atoms in total. The van der Waals surface area contributed by atoms with Gasteiger partial charge in [0.15, 0.2) is 0 Å². The minimum Gasteiger partial charge on any atom is -0.348 e. The molecule has 0 aliphatic carbocycles. The Kier molecular flexibility index (Phi) is 6.65. The molecule has 2 heterocycles. The predicted molar refractivity (Wildman–Crippen MR) is 105 cm³/mol. The topological polar surface area (TPSA) is 41.1 Å². The number of rotatable bonds is 7. The van der Waals surface area contributed by atoms with E-state index < -0.39 is 0 Å². The molecule has 3 unspecified atom stereocenters. The summed E-state index contributed by atoms with van der Waals surface area (Å²) in [5, 5.41) is 8.82. The second-order valence-electron chi connectivity index (χ2n) is 7.11. The van der Waals surface area contributed by atoms with E-state index in [2.05, 4.69) is 59.3 Å². The van der Waals surface area contributed by atoms with Crippen molar-refractivity contribution in [3.05, 3.63) is 58.3 Å². The van der Waals surface area contributed by atoms with Gasteiger partial charge in [0.25, 0.3) is 0 Å². The minimum absolute atomic E-state index is 0.0616. The van der Waals surface area contributed by atoms with Crippen molar-refractivity contribution in [1.29, 1.82) is 0 Å². The minimum atomic E-state index is 0.0616. The summed E-state index contributed by atoms with van der Waals surface area (Å²) in [5.74, 6) is 1.22. The first-order valence-electron chi connectivity index (χ1n) is 9.30. The highest BCUT2D eigenvalue weighted by Crippen LogP contribution is 2.25. The highest BCUT2D eigenvalue weighted by molar-refractivity contribution is 7.10. The molecule has 1 aliphatic rings. The van der Waals surface area contributed by atoms with Gasteiger partial charge in [-0.25, -0.2) is 0 Å². The molecule has 1 aliphatic heterocycles. The first kappa shape index (κ1) is 18.2. The van der Waals surface area contributed by atoms with Gasteiger partial charge in [0.05, 0.1) is 6.04 Å². The monoisotopic (exact) mass is 356 g/mol. The van der Waals surface area contributed by atoms with Crippen molar-refractivity contribution in [2.75, 3.05) is 13.1 Å². The molecule has 1 saturated heterocycles. The quantitative estimate of drug-likeness (QED) is 0.781. The Morgan fingerprint density at radius 1 is 1.28 bits per heavy atom. The molecule has 3 rings (SSSR count). The number of thiophene rings is 1. The molecule has 1 amide bonds. The number of hydrogen-bond donors (Lipinski definition) is 2. The maximum Gasteiger partial charge on any atom is 0.220 e. The molecular formula is C21H28N2OS. The second-order valence-corrected chi connectivity index (χ2v) is 8.09. The van der Waals surface area contributed by atoms with E-state index in [1.54, 1.807) is 11.3 Å². The second kappa shape index (κ2) is 9.16. The summed E-state index contributed by atoms with van der Waals surface area (Å²) >= 11 is 1.71. The van der Waals surface area contributed by atoms with E-state index in [-0.39, 0.29) is 11.9 Å². The number of carbonyl (C=O) groups is 1. The van der Waals surface area contributed by atoms with E-state index in [9.17, 15) is 4.79 Å². The van der Waals surface area contributed by atoms with Crippen LogP contribution in [0, 0.1) is 11.8 Å². The van der Waals surface area contributed by atoms with Gasteiger partial charge < -0.3 is 10.6 Å². The molecule has 2 N–H and O–H groups in total. The average molecular weight is 357 g/mol. The molecule has 4 heteroatoms. The van der Waals surface area contributed by atoms with Crippen molar-refractivity contribution < 1.29 is 4.79 Å². The largest absolute Gasteiger partial charge is 0.348 e. The van der Waals surface area contributed by atoms with Crippen LogP contribution in [0.5, 0.6) is 0 Å². The Morgan fingerprint density at radius 2 is 2.12 bits per heavy atom. The predicted octanol–water partition coefficient (Wildman–Crippen LogP) is 4.17. The zero-order chi connectivity index (χ0) is 17.5. The molecule has 2 aromatic rings. The fraction of sp³-hybridized carbons (Fsp3) is 0.476. The summed E-state index contributed by atoms with van der Waals surface area (Å²) in [6, 6.07) is 14.6. The van der Waals surface area contributed by atoms with Crippen molar-refractivity contribution in [2.45, 2.75) is 38.6 Å². The molecule has 0 bridgehead atoms. The standard InChI is InChI=1S/C21H28N2OS/c1-16(18-9-5-11-22-15-18)13-21(24)23-19(20-10-6-12-25-20)14-17-7-3-2-4-8-17/h2-4,6-8,10,12,16,18-19,22H,5,9,11,13-15H2,1H3,(H,23,24). The van der Waals surface area contributed by atoms with E-state index >= 15 is 0 Å². The molecule has 0 radical (unpaired) electrons. The number of nitrogens with one attached hydrogen (secondary N) is 2. The maximum atomic E-state index is 12.7. The van der Waals surface area contributed by atoms with E-state index in [1.165, 1.54) is 23.3 Å². The van der Waals surface area contributed by atoms with Crippen LogP contribution < -0.4 is 10.6 Å². The molecule has 1 fully saturated rings. The molecule has 134 valence electrons. The van der Waals surface area contributed by atoms with Gasteiger partial charge in [-0.1, -0.05) is 43.3 Å². The lowest BCUT2D eigenvalue weighted by molar-refractivity contribution is -0.123. The molecule has 0 saturated carbocycles. The first-order chi connectivity index (χ1) is 12.2. The first-order valence-corrected chi connectivity index (χ1v) is 10.2. The van der Waals surface area contributed by atoms with Crippen LogP contribution in [0.25, 0.3) is 0 Å². The maximum absolute atomic E-state index is 12.7. The highest BCUT2D eigenvalue weighted by Gasteiger charge is 2.23. The summed E-state index contributed by atoms with van der Waals surface area (Å²) in [5.41, 5.74) is 1.26. The lowest BCUT2D eigenvalue weighted by Gasteiger charge is -2.28. The Hall–Kier alpha value is -1.65. The van der Waals surface area contributed by atoms with Gasteiger partial charge in [-0.05, 0) is 61.2 Å². The van der Waals surface area contributed by atoms with Crippen LogP contribution in [-0.2, 0) is 11.2 Å². The van der Waals surface area contributed by atoms with Gasteiger partial charge in [0.1, 0.15) is 0 Å². The lowest BCUT2D eigenvalue weighted by atomic mass is 9.85. The van der Waals surface area contributed by atoms with Crippen LogP contribution in [0.15, 0.2) is 47.8 Å². The zero-order valence-corrected chi connectivity index (χ0v) is 15.7. The normalized spacial score (nSPS) is 20.0. The van der Waals surface area contributed by atoms with Crippen molar-refractivity contribution in [1.82, 2.24) is 10.6 Å². The lowest BCUT2D eigenvalue weighted by Crippen LogP contribution is -2.36. The van der Waals surface area contributed by atoms with Crippen LogP contribution in [0.4, 0.5) is 0 Å². The van der Waals surface area contributed by atoms with Gasteiger partial charge in [0, 0.05) is 11.3 Å². The van der Waals surface area contributed by atoms with E-state index in [0.717, 1.165) is 19.5 Å². The van der Waals surface area contributed by atoms with Crippen molar-refractivity contribution in [2.24, 2.45) is 11.8 Å². The van der Waals surface area contributed by atoms with Gasteiger partial charge in [-0.2, -0.15) is 0 Å². The summed E-state index contributed by atoms with van der Waals surface area (Å²) < 4.78 is 0. The average Bonchev–Trinajstić information content (AvgIpc) is 3.17. The van der Waals surface area contributed by atoms with Crippen LogP contribution in [0.3, 0.4) is 0 Å². The SMILES string of the molecule is CC(CC(=O)NC(Cc1ccccc1)c1cccs1)C1CCCNC1. The van der Waals surface area contributed by atoms with Gasteiger partial charge in [-0.3, -0.25) is 4.79 Å². The fourth-order valence-corrected chi connectivity index (χ4v) is 4.42. The summed E-state index contributed by atoms with van der Waals surface area (Å²) in [6.07, 6.45) is 3.91. The Morgan fingerprint density at radius 3 is 2.80 bits per heavy atom. The Labute approximate surface area is 154 Å². The molecule has 25 heavy (non-hydrogen) atoms. The van der Waals surface area contributed by atoms with E-state index in [4.69, 9.17) is 0 Å². The molecule has 1 aromatic heterocycles. The highest BCUT2D eigenvalue weighted by atomic mass is 32.1. The van der Waals surface area contributed by atoms with Crippen molar-refractivity contribution in [3.8, 4) is 0 Å². The van der Waals surface area contributed by atoms with Gasteiger partial charge in [0.2, 0.25) is 5.91 Å². The number of piperidine rings is 1. The summed E-state index contributed by atoms with van der Waals surface area (Å²) in [4.78, 5) is 13.9. The zero-order valence-electron chi connectivity index (χ0n) is 14.9. The third-order valence-corrected chi connectivity index (χ3v) is 6.14. The third-order valence-electron chi connectivity index (χ3n) is 5.15. The third kappa shape index (κ3) is 5.41. The Balaban J connectivity index is 1.60. The van der Waals surface area contributed by atoms with Crippen molar-refractivity contribution >= 4 is 17.2 Å². The molecular weight excluding hydrogens is 328 g/mol. The fourth-order valence-electron chi connectivity index (χ4n) is 3.64. The van der Waals surface area contributed by atoms with Crippen molar-refractivity contribution in [3.63, 3.8) is 0 Å². The smallest absolute Gasteiger partial charge is 0.220 e. The molecule has 3 atom stereocenters. The van der Waals surface area contributed by atoms with Gasteiger partial charge >= 0.3 is 0 Å². The van der Waals surface area contributed by atoms with Crippen LogP contribution >= 0.6 is 11.3 Å². The van der Waals surface area contributed by atoms with Crippen LogP contribution in [-0.4, -0.2) is 19.0 Å². The van der Waals surface area contributed by atoms with E-state index in [0.29, 0.717) is 18.3 Å². The summed E-state index contributed by atoms with van der Waals surface area (Å²) in [7, 11) is 0. The van der Waals surface area contributed by atoms with Gasteiger partial charge in [-0.15, -0.1) is 11.3 Å². The number of carbonyl (C=O) groups excluding carboxylic acids is 1. The Bertz CT molecular complexity index is 635. The number of benzene rings is 1. The summed E-state index contributed by atoms with van der Waals surface area (Å²) in [6.45, 7) is 4.38. The van der Waals surface area contributed by atoms with Crippen LogP contribution in [0.2, 0.25) is 0 Å². The molecule has 1 aromatic carbocycles.